The summed E-state index contributed by atoms with van der Waals surface area (Å²) in [6.45, 7) is 0.0864. The van der Waals surface area contributed by atoms with Gasteiger partial charge in [-0.1, -0.05) is 12.2 Å². The normalized spacial score (nSPS) is 23.6. The molecule has 1 aromatic heterocycles. The molecular formula is C14H18N4O2. The van der Waals surface area contributed by atoms with Crippen LogP contribution in [0, 0.1) is 0 Å². The maximum absolute atomic E-state index is 11.5. The molecule has 6 nitrogen and oxygen atoms in total. The molecule has 3 rings (SSSR count). The van der Waals surface area contributed by atoms with Gasteiger partial charge in [0.2, 0.25) is 5.91 Å². The molecule has 0 radical (unpaired) electrons. The minimum absolute atomic E-state index is 0.0864. The van der Waals surface area contributed by atoms with Gasteiger partial charge in [-0.2, -0.15) is 5.10 Å². The number of anilines is 1. The first-order chi connectivity index (χ1) is 9.66. The van der Waals surface area contributed by atoms with Crippen molar-refractivity contribution in [2.75, 3.05) is 11.5 Å². The molecule has 1 fully saturated rings. The minimum Gasteiger partial charge on any atom is -0.394 e. The molecule has 2 aliphatic rings. The lowest BCUT2D eigenvalue weighted by atomic mass is 9.77. The monoisotopic (exact) mass is 274 g/mol. The van der Waals surface area contributed by atoms with Crippen LogP contribution in [0.1, 0.15) is 19.3 Å². The number of amides is 1. The fraction of sp³-hybridized carbons (Fsp3) is 0.429. The summed E-state index contributed by atoms with van der Waals surface area (Å²) < 4.78 is 1.82. The molecule has 20 heavy (non-hydrogen) atoms. The number of rotatable bonds is 4. The van der Waals surface area contributed by atoms with Crippen LogP contribution < -0.4 is 10.6 Å². The number of nitrogens with zero attached hydrogens (tertiary/aromatic N) is 3. The molecule has 0 aromatic carbocycles. The van der Waals surface area contributed by atoms with Crippen LogP contribution in [0.3, 0.4) is 0 Å². The summed E-state index contributed by atoms with van der Waals surface area (Å²) in [6, 6.07) is -0.496. The Bertz CT molecular complexity index is 566. The molecule has 2 heterocycles. The highest BCUT2D eigenvalue weighted by molar-refractivity contribution is 5.86. The van der Waals surface area contributed by atoms with E-state index in [0.717, 1.165) is 24.9 Å². The van der Waals surface area contributed by atoms with Gasteiger partial charge < -0.3 is 15.7 Å². The zero-order valence-electron chi connectivity index (χ0n) is 11.1. The van der Waals surface area contributed by atoms with Crippen molar-refractivity contribution in [2.45, 2.75) is 30.8 Å². The Balaban J connectivity index is 1.88. The number of allylic oxidation sites excluding steroid dienone is 2. The topological polar surface area (TPSA) is 84.4 Å². The average molecular weight is 274 g/mol. The molecule has 0 spiro atoms. The molecule has 6 heteroatoms. The SMILES string of the molecule is NC(=O)C1C=CC=CN1c1cnn(C2(CO)CCC2)c1. The van der Waals surface area contributed by atoms with Gasteiger partial charge in [0.05, 0.1) is 24.0 Å². The van der Waals surface area contributed by atoms with Gasteiger partial charge in [-0.3, -0.25) is 9.48 Å². The van der Waals surface area contributed by atoms with Crippen molar-refractivity contribution in [3.8, 4) is 0 Å². The van der Waals surface area contributed by atoms with Gasteiger partial charge in [-0.15, -0.1) is 0 Å². The van der Waals surface area contributed by atoms with Crippen molar-refractivity contribution in [1.29, 1.82) is 0 Å². The van der Waals surface area contributed by atoms with E-state index in [9.17, 15) is 9.90 Å². The van der Waals surface area contributed by atoms with E-state index >= 15 is 0 Å². The second kappa shape index (κ2) is 4.79. The standard InChI is InChI=1S/C14H18N4O2/c15-13(20)12-4-1-2-7-17(12)11-8-16-18(9-11)14(10-19)5-3-6-14/h1-2,4,7-9,12,19H,3,5-6,10H2,(H2,15,20). The van der Waals surface area contributed by atoms with E-state index in [1.54, 1.807) is 23.2 Å². The van der Waals surface area contributed by atoms with E-state index in [4.69, 9.17) is 5.73 Å². The zero-order chi connectivity index (χ0) is 14.2. The molecule has 0 saturated heterocycles. The van der Waals surface area contributed by atoms with Crippen LogP contribution in [0.25, 0.3) is 0 Å². The lowest BCUT2D eigenvalue weighted by molar-refractivity contribution is -0.118. The Morgan fingerprint density at radius 3 is 2.90 bits per heavy atom. The quantitative estimate of drug-likeness (QED) is 0.837. The van der Waals surface area contributed by atoms with Crippen LogP contribution in [0.15, 0.2) is 36.8 Å². The molecule has 1 saturated carbocycles. The first-order valence-corrected chi connectivity index (χ1v) is 6.75. The molecule has 3 N–H and O–H groups in total. The molecule has 1 aromatic rings. The van der Waals surface area contributed by atoms with E-state index in [2.05, 4.69) is 5.10 Å². The van der Waals surface area contributed by atoms with Gasteiger partial charge in [-0.25, -0.2) is 0 Å². The zero-order valence-corrected chi connectivity index (χ0v) is 11.1. The number of hydrogen-bond donors (Lipinski definition) is 2. The van der Waals surface area contributed by atoms with Crippen molar-refractivity contribution < 1.29 is 9.90 Å². The van der Waals surface area contributed by atoms with Crippen LogP contribution in [-0.2, 0) is 10.3 Å². The van der Waals surface area contributed by atoms with Crippen LogP contribution in [0.5, 0.6) is 0 Å². The van der Waals surface area contributed by atoms with Gasteiger partial charge >= 0.3 is 0 Å². The van der Waals surface area contributed by atoms with E-state index in [0.29, 0.717) is 0 Å². The van der Waals surface area contributed by atoms with Gasteiger partial charge in [0.15, 0.2) is 0 Å². The number of nitrogens with two attached hydrogens (primary N) is 1. The van der Waals surface area contributed by atoms with Crippen molar-refractivity contribution in [2.24, 2.45) is 5.73 Å². The lowest BCUT2D eigenvalue weighted by Gasteiger charge is -2.40. The van der Waals surface area contributed by atoms with Gasteiger partial charge in [0.1, 0.15) is 6.04 Å². The summed E-state index contributed by atoms with van der Waals surface area (Å²) in [5, 5.41) is 13.9. The second-order valence-electron chi connectivity index (χ2n) is 5.36. The minimum atomic E-state index is -0.496. The number of aliphatic hydroxyl groups excluding tert-OH is 1. The first-order valence-electron chi connectivity index (χ1n) is 6.75. The van der Waals surface area contributed by atoms with E-state index < -0.39 is 11.9 Å². The van der Waals surface area contributed by atoms with Crippen molar-refractivity contribution in [1.82, 2.24) is 9.78 Å². The van der Waals surface area contributed by atoms with E-state index in [-0.39, 0.29) is 12.1 Å². The molecule has 1 unspecified atom stereocenters. The third-order valence-corrected chi connectivity index (χ3v) is 4.17. The third kappa shape index (κ3) is 1.92. The Morgan fingerprint density at radius 1 is 1.50 bits per heavy atom. The number of primary amides is 1. The van der Waals surface area contributed by atoms with Crippen LogP contribution >= 0.6 is 0 Å². The number of hydrogen-bond acceptors (Lipinski definition) is 4. The third-order valence-electron chi connectivity index (χ3n) is 4.17. The van der Waals surface area contributed by atoms with Crippen LogP contribution in [-0.4, -0.2) is 33.4 Å². The fourth-order valence-electron chi connectivity index (χ4n) is 2.73. The Labute approximate surface area is 117 Å². The van der Waals surface area contributed by atoms with Crippen molar-refractivity contribution >= 4 is 11.6 Å². The fourth-order valence-corrected chi connectivity index (χ4v) is 2.73. The predicted molar refractivity (Wildman–Crippen MR) is 74.9 cm³/mol. The average Bonchev–Trinajstić information content (AvgIpc) is 2.88. The number of carbonyl (C=O) groups is 1. The second-order valence-corrected chi connectivity index (χ2v) is 5.36. The Kier molecular flexibility index (Phi) is 3.10. The summed E-state index contributed by atoms with van der Waals surface area (Å²) >= 11 is 0. The molecule has 1 amide bonds. The van der Waals surface area contributed by atoms with Crippen molar-refractivity contribution in [3.05, 3.63) is 36.8 Å². The predicted octanol–water partition coefficient (Wildman–Crippen LogP) is 0.498. The summed E-state index contributed by atoms with van der Waals surface area (Å²) in [7, 11) is 0. The molecule has 0 bridgehead atoms. The largest absolute Gasteiger partial charge is 0.394 e. The van der Waals surface area contributed by atoms with E-state index in [1.807, 2.05) is 23.2 Å². The molecule has 1 aliphatic heterocycles. The Morgan fingerprint density at radius 2 is 2.30 bits per heavy atom. The summed E-state index contributed by atoms with van der Waals surface area (Å²) in [4.78, 5) is 13.3. The molecular weight excluding hydrogens is 256 g/mol. The highest BCUT2D eigenvalue weighted by Crippen LogP contribution is 2.39. The highest BCUT2D eigenvalue weighted by atomic mass is 16.3. The van der Waals surface area contributed by atoms with Crippen LogP contribution in [0.4, 0.5) is 5.69 Å². The smallest absolute Gasteiger partial charge is 0.244 e. The Hall–Kier alpha value is -2.08. The molecule has 1 aliphatic carbocycles. The van der Waals surface area contributed by atoms with Gasteiger partial charge in [-0.05, 0) is 25.3 Å². The number of aliphatic hydroxyl groups is 1. The van der Waals surface area contributed by atoms with Crippen LogP contribution in [0.2, 0.25) is 0 Å². The first kappa shape index (κ1) is 12.9. The maximum atomic E-state index is 11.5. The van der Waals surface area contributed by atoms with Gasteiger partial charge in [0, 0.05) is 12.4 Å². The maximum Gasteiger partial charge on any atom is 0.244 e. The van der Waals surface area contributed by atoms with Gasteiger partial charge in [0.25, 0.3) is 0 Å². The van der Waals surface area contributed by atoms with E-state index in [1.165, 1.54) is 0 Å². The lowest BCUT2D eigenvalue weighted by Crippen LogP contribution is -2.44. The number of carbonyl (C=O) groups excluding carboxylic acids is 1. The summed E-state index contributed by atoms with van der Waals surface area (Å²) in [6.07, 6.45) is 13.8. The number of aromatic nitrogens is 2. The van der Waals surface area contributed by atoms with Crippen molar-refractivity contribution in [3.63, 3.8) is 0 Å². The molecule has 106 valence electrons. The summed E-state index contributed by atoms with van der Waals surface area (Å²) in [5.41, 5.74) is 5.95. The highest BCUT2D eigenvalue weighted by Gasteiger charge is 2.39. The molecule has 1 atom stereocenters. The summed E-state index contributed by atoms with van der Waals surface area (Å²) in [5.74, 6) is -0.404.